The van der Waals surface area contributed by atoms with Gasteiger partial charge in [-0.3, -0.25) is 0 Å². The monoisotopic (exact) mass is 315 g/mol. The van der Waals surface area contributed by atoms with Crippen molar-refractivity contribution < 1.29 is 12.8 Å². The van der Waals surface area contributed by atoms with E-state index < -0.39 is 20.9 Å². The summed E-state index contributed by atoms with van der Waals surface area (Å²) in [6.45, 7) is 3.68. The highest BCUT2D eigenvalue weighted by Crippen LogP contribution is 2.19. The minimum absolute atomic E-state index is 0.142. The fourth-order valence-corrected chi connectivity index (χ4v) is 3.98. The lowest BCUT2D eigenvalue weighted by molar-refractivity contribution is 0.360. The Kier molecular flexibility index (Phi) is 5.66. The van der Waals surface area contributed by atoms with Crippen LogP contribution in [0.3, 0.4) is 0 Å². The molecular weight excluding hydrogens is 293 g/mol. The molecule has 21 heavy (non-hydrogen) atoms. The fraction of sp³-hybridized carbons (Fsp3) is 0.643. The number of nitrogens with zero attached hydrogens (tertiary/aromatic N) is 2. The number of sulfonamides is 1. The molecule has 1 aliphatic heterocycles. The van der Waals surface area contributed by atoms with Crippen LogP contribution in [-0.4, -0.2) is 43.4 Å². The lowest BCUT2D eigenvalue weighted by atomic mass is 10.2. The molecule has 0 amide bonds. The predicted octanol–water partition coefficient (Wildman–Crippen LogP) is 1.76. The average Bonchev–Trinajstić information content (AvgIpc) is 2.96. The average molecular weight is 315 g/mol. The van der Waals surface area contributed by atoms with Gasteiger partial charge in [0.25, 0.3) is 10.0 Å². The van der Waals surface area contributed by atoms with Crippen LogP contribution < -0.4 is 5.32 Å². The van der Waals surface area contributed by atoms with E-state index in [1.165, 1.54) is 16.6 Å². The maximum absolute atomic E-state index is 13.8. The second kappa shape index (κ2) is 7.29. The Morgan fingerprint density at radius 3 is 2.95 bits per heavy atom. The maximum atomic E-state index is 13.8. The number of nitrogens with one attached hydrogen (secondary N) is 1. The van der Waals surface area contributed by atoms with E-state index in [0.717, 1.165) is 38.3 Å². The maximum Gasteiger partial charge on any atom is 0.263 e. The van der Waals surface area contributed by atoms with Crippen molar-refractivity contribution in [2.24, 2.45) is 0 Å². The zero-order valence-corrected chi connectivity index (χ0v) is 13.1. The predicted molar refractivity (Wildman–Crippen MR) is 78.9 cm³/mol. The van der Waals surface area contributed by atoms with Crippen LogP contribution in [0.15, 0.2) is 23.4 Å². The zero-order valence-electron chi connectivity index (χ0n) is 12.3. The van der Waals surface area contributed by atoms with E-state index in [-0.39, 0.29) is 6.04 Å². The van der Waals surface area contributed by atoms with Crippen LogP contribution in [0.25, 0.3) is 0 Å². The van der Waals surface area contributed by atoms with Crippen LogP contribution in [0.5, 0.6) is 0 Å². The third-order valence-electron chi connectivity index (χ3n) is 3.66. The number of unbranched alkanes of at least 4 members (excludes halogenated alkanes) is 1. The molecular formula is C14H22FN3O2S. The van der Waals surface area contributed by atoms with Gasteiger partial charge in [-0.15, -0.1) is 0 Å². The summed E-state index contributed by atoms with van der Waals surface area (Å²) in [7, 11) is -3.88. The van der Waals surface area contributed by atoms with Crippen LogP contribution in [0.4, 0.5) is 4.39 Å². The normalized spacial score (nSPS) is 19.3. The molecule has 0 aromatic carbocycles. The highest BCUT2D eigenvalue weighted by atomic mass is 32.2. The van der Waals surface area contributed by atoms with E-state index in [1.807, 2.05) is 6.92 Å². The number of rotatable bonds is 7. The molecule has 2 rings (SSSR count). The van der Waals surface area contributed by atoms with E-state index in [2.05, 4.69) is 10.3 Å². The lowest BCUT2D eigenvalue weighted by Gasteiger charge is -2.24. The Bertz CT molecular complexity index is 559. The topological polar surface area (TPSA) is 62.3 Å². The van der Waals surface area contributed by atoms with Gasteiger partial charge in [-0.25, -0.2) is 17.8 Å². The number of halogens is 1. The van der Waals surface area contributed by atoms with Gasteiger partial charge in [0.05, 0.1) is 0 Å². The number of aromatic nitrogens is 1. The number of hydrogen-bond acceptors (Lipinski definition) is 4. The summed E-state index contributed by atoms with van der Waals surface area (Å²) in [6, 6.07) is 2.66. The number of pyridine rings is 1. The molecule has 1 aromatic heterocycles. The molecule has 2 heterocycles. The quantitative estimate of drug-likeness (QED) is 0.833. The molecule has 1 N–H and O–H groups in total. The molecule has 0 spiro atoms. The van der Waals surface area contributed by atoms with Crippen LogP contribution in [0.2, 0.25) is 0 Å². The zero-order chi connectivity index (χ0) is 15.3. The van der Waals surface area contributed by atoms with Gasteiger partial charge in [-0.1, -0.05) is 13.3 Å². The Morgan fingerprint density at radius 2 is 2.33 bits per heavy atom. The van der Waals surface area contributed by atoms with E-state index in [1.54, 1.807) is 0 Å². The Labute approximate surface area is 125 Å². The first kappa shape index (κ1) is 16.3. The molecule has 0 saturated carbocycles. The molecule has 0 aliphatic carbocycles. The van der Waals surface area contributed by atoms with Crippen LogP contribution >= 0.6 is 0 Å². The molecule has 1 fully saturated rings. The van der Waals surface area contributed by atoms with E-state index in [0.29, 0.717) is 13.1 Å². The lowest BCUT2D eigenvalue weighted by Crippen LogP contribution is -2.42. The molecule has 1 unspecified atom stereocenters. The van der Waals surface area contributed by atoms with Crippen molar-refractivity contribution in [1.82, 2.24) is 14.6 Å². The van der Waals surface area contributed by atoms with Crippen molar-refractivity contribution in [3.05, 3.63) is 24.1 Å². The summed E-state index contributed by atoms with van der Waals surface area (Å²) >= 11 is 0. The second-order valence-corrected chi connectivity index (χ2v) is 7.15. The highest BCUT2D eigenvalue weighted by Gasteiger charge is 2.31. The Hall–Kier alpha value is -1.05. The van der Waals surface area contributed by atoms with Crippen molar-refractivity contribution in [3.63, 3.8) is 0 Å². The van der Waals surface area contributed by atoms with Gasteiger partial charge < -0.3 is 5.32 Å². The summed E-state index contributed by atoms with van der Waals surface area (Å²) in [4.78, 5) is 3.73. The standard InChI is InChI=1S/C14H22FN3O2S/c1-2-3-10-18(11-12-6-4-8-16-12)21(19,20)14-13(15)7-5-9-17-14/h5,7,9,12,16H,2-4,6,8,10-11H2,1H3. The van der Waals surface area contributed by atoms with Gasteiger partial charge in [0.1, 0.15) is 0 Å². The fourth-order valence-electron chi connectivity index (χ4n) is 2.49. The van der Waals surface area contributed by atoms with Crippen molar-refractivity contribution >= 4 is 10.0 Å². The van der Waals surface area contributed by atoms with Gasteiger partial charge in [-0.2, -0.15) is 4.31 Å². The van der Waals surface area contributed by atoms with Crippen molar-refractivity contribution in [2.75, 3.05) is 19.6 Å². The van der Waals surface area contributed by atoms with Crippen LogP contribution in [0, 0.1) is 5.82 Å². The Morgan fingerprint density at radius 1 is 1.52 bits per heavy atom. The first-order valence-corrected chi connectivity index (χ1v) is 8.83. The molecule has 1 aliphatic rings. The number of hydrogen-bond donors (Lipinski definition) is 1. The molecule has 0 radical (unpaired) electrons. The molecule has 1 aromatic rings. The third kappa shape index (κ3) is 3.99. The highest BCUT2D eigenvalue weighted by molar-refractivity contribution is 7.89. The third-order valence-corrected chi connectivity index (χ3v) is 5.46. The largest absolute Gasteiger partial charge is 0.313 e. The van der Waals surface area contributed by atoms with Crippen molar-refractivity contribution in [1.29, 1.82) is 0 Å². The van der Waals surface area contributed by atoms with E-state index in [4.69, 9.17) is 0 Å². The smallest absolute Gasteiger partial charge is 0.263 e. The summed E-state index contributed by atoms with van der Waals surface area (Å²) < 4.78 is 40.4. The van der Waals surface area contributed by atoms with E-state index >= 15 is 0 Å². The van der Waals surface area contributed by atoms with Crippen LogP contribution in [0.1, 0.15) is 32.6 Å². The molecule has 1 saturated heterocycles. The van der Waals surface area contributed by atoms with Gasteiger partial charge >= 0.3 is 0 Å². The van der Waals surface area contributed by atoms with Gasteiger partial charge in [0.15, 0.2) is 5.82 Å². The van der Waals surface area contributed by atoms with Gasteiger partial charge in [0.2, 0.25) is 5.03 Å². The summed E-state index contributed by atoms with van der Waals surface area (Å²) in [6.07, 6.45) is 4.93. The van der Waals surface area contributed by atoms with Crippen molar-refractivity contribution in [3.8, 4) is 0 Å². The minimum Gasteiger partial charge on any atom is -0.313 e. The molecule has 5 nitrogen and oxygen atoms in total. The van der Waals surface area contributed by atoms with Gasteiger partial charge in [-0.05, 0) is 37.9 Å². The SMILES string of the molecule is CCCCN(CC1CCCN1)S(=O)(=O)c1ncccc1F. The van der Waals surface area contributed by atoms with Gasteiger partial charge in [0, 0.05) is 25.3 Å². The summed E-state index contributed by atoms with van der Waals surface area (Å²) in [5.74, 6) is -0.793. The van der Waals surface area contributed by atoms with E-state index in [9.17, 15) is 12.8 Å². The van der Waals surface area contributed by atoms with Crippen molar-refractivity contribution in [2.45, 2.75) is 43.7 Å². The summed E-state index contributed by atoms with van der Waals surface area (Å²) in [5, 5.41) is 2.81. The minimum atomic E-state index is -3.88. The molecule has 1 atom stereocenters. The van der Waals surface area contributed by atoms with Crippen LogP contribution in [-0.2, 0) is 10.0 Å². The first-order valence-electron chi connectivity index (χ1n) is 7.39. The molecule has 7 heteroatoms. The first-order chi connectivity index (χ1) is 10.1. The molecule has 0 bridgehead atoms. The Balaban J connectivity index is 2.23. The summed E-state index contributed by atoms with van der Waals surface area (Å²) in [5.41, 5.74) is 0. The molecule has 118 valence electrons. The second-order valence-electron chi connectivity index (χ2n) is 5.30.